The van der Waals surface area contributed by atoms with Gasteiger partial charge in [0.25, 0.3) is 0 Å². The maximum absolute atomic E-state index is 13.9. The van der Waals surface area contributed by atoms with Gasteiger partial charge in [-0.2, -0.15) is 0 Å². The summed E-state index contributed by atoms with van der Waals surface area (Å²) < 4.78 is 25.3. The highest BCUT2D eigenvalue weighted by Gasteiger charge is 2.22. The van der Waals surface area contributed by atoms with Gasteiger partial charge in [-0.25, -0.2) is 9.38 Å². The van der Waals surface area contributed by atoms with Crippen LogP contribution in [-0.2, 0) is 4.79 Å². The molecule has 9 heteroatoms. The lowest BCUT2D eigenvalue weighted by Crippen LogP contribution is -2.35. The highest BCUT2D eigenvalue weighted by Crippen LogP contribution is 2.36. The fourth-order valence-electron chi connectivity index (χ4n) is 4.46. The van der Waals surface area contributed by atoms with Crippen molar-refractivity contribution in [3.8, 4) is 17.4 Å². The average molecular weight is 517 g/mol. The molecule has 0 fully saturated rings. The molecule has 2 N–H and O–H groups in total. The first-order chi connectivity index (χ1) is 18.3. The SMILES string of the molecule is CC(=O)N(CCN(C)C)c1ccc(N=C(c2ccc3c(c2)OCCO3)c2c(O)[nH]c3cc(F)ccc23)cc1. The van der Waals surface area contributed by atoms with Crippen LogP contribution < -0.4 is 14.4 Å². The summed E-state index contributed by atoms with van der Waals surface area (Å²) in [6.45, 7) is 3.74. The van der Waals surface area contributed by atoms with Crippen molar-refractivity contribution in [1.29, 1.82) is 0 Å². The van der Waals surface area contributed by atoms with E-state index in [4.69, 9.17) is 14.5 Å². The van der Waals surface area contributed by atoms with Gasteiger partial charge in [0.15, 0.2) is 17.4 Å². The van der Waals surface area contributed by atoms with Crippen molar-refractivity contribution >= 4 is 33.9 Å². The molecule has 3 aromatic carbocycles. The number of ether oxygens (including phenoxy) is 2. The highest BCUT2D eigenvalue weighted by molar-refractivity contribution is 6.22. The standard InChI is InChI=1S/C29H29FN4O4/c1-18(35)34(13-12-33(2)3)22-8-6-21(7-9-22)31-28(19-4-11-25-26(16-19)38-15-14-37-25)27-23-10-5-20(30)17-24(23)32-29(27)36/h4-11,16-17,32,36H,12-15H2,1-3H3. The van der Waals surface area contributed by atoms with E-state index >= 15 is 0 Å². The first kappa shape index (κ1) is 25.3. The van der Waals surface area contributed by atoms with Gasteiger partial charge in [-0.1, -0.05) is 0 Å². The molecule has 0 saturated carbocycles. The zero-order chi connectivity index (χ0) is 26.8. The molecule has 0 bridgehead atoms. The second-order valence-electron chi connectivity index (χ2n) is 9.35. The predicted octanol–water partition coefficient (Wildman–Crippen LogP) is 4.87. The van der Waals surface area contributed by atoms with Gasteiger partial charge in [-0.15, -0.1) is 0 Å². The van der Waals surface area contributed by atoms with Crippen LogP contribution in [0.25, 0.3) is 10.9 Å². The van der Waals surface area contributed by atoms with E-state index < -0.39 is 5.82 Å². The molecular formula is C29H29FN4O4. The van der Waals surface area contributed by atoms with E-state index in [2.05, 4.69) is 4.98 Å². The number of fused-ring (bicyclic) bond motifs is 2. The number of hydrogen-bond donors (Lipinski definition) is 2. The number of hydrogen-bond acceptors (Lipinski definition) is 6. The van der Waals surface area contributed by atoms with Gasteiger partial charge in [-0.3, -0.25) is 4.79 Å². The lowest BCUT2D eigenvalue weighted by Gasteiger charge is -2.23. The molecule has 1 aliphatic rings. The first-order valence-corrected chi connectivity index (χ1v) is 12.3. The number of nitrogens with zero attached hydrogens (tertiary/aromatic N) is 3. The molecule has 5 rings (SSSR count). The van der Waals surface area contributed by atoms with Crippen LogP contribution in [0.5, 0.6) is 17.4 Å². The topological polar surface area (TPSA) is 90.4 Å². The number of rotatable bonds is 7. The number of aromatic hydroxyl groups is 1. The number of H-pyrrole nitrogens is 1. The molecular weight excluding hydrogens is 487 g/mol. The van der Waals surface area contributed by atoms with E-state index in [0.717, 1.165) is 12.2 Å². The second-order valence-corrected chi connectivity index (χ2v) is 9.35. The van der Waals surface area contributed by atoms with E-state index in [0.29, 0.717) is 64.7 Å². The quantitative estimate of drug-likeness (QED) is 0.342. The van der Waals surface area contributed by atoms with Crippen LogP contribution in [0.1, 0.15) is 18.1 Å². The Labute approximate surface area is 219 Å². The summed E-state index contributed by atoms with van der Waals surface area (Å²) >= 11 is 0. The van der Waals surface area contributed by atoms with E-state index in [-0.39, 0.29) is 11.8 Å². The number of nitrogens with one attached hydrogen (secondary N) is 1. The molecule has 38 heavy (non-hydrogen) atoms. The molecule has 1 aliphatic heterocycles. The Balaban J connectivity index is 1.60. The Bertz CT molecular complexity index is 1510. The van der Waals surface area contributed by atoms with Crippen LogP contribution >= 0.6 is 0 Å². The Morgan fingerprint density at radius 1 is 1.00 bits per heavy atom. The summed E-state index contributed by atoms with van der Waals surface area (Å²) in [5.41, 5.74) is 3.44. The van der Waals surface area contributed by atoms with Crippen molar-refractivity contribution in [1.82, 2.24) is 9.88 Å². The van der Waals surface area contributed by atoms with Gasteiger partial charge in [0.2, 0.25) is 5.91 Å². The largest absolute Gasteiger partial charge is 0.494 e. The predicted molar refractivity (Wildman–Crippen MR) is 146 cm³/mol. The third-order valence-electron chi connectivity index (χ3n) is 6.35. The third kappa shape index (κ3) is 5.19. The normalized spacial score (nSPS) is 13.2. The summed E-state index contributed by atoms with van der Waals surface area (Å²) in [5.74, 6) is 0.637. The van der Waals surface area contributed by atoms with Crippen molar-refractivity contribution in [2.45, 2.75) is 6.92 Å². The molecule has 0 atom stereocenters. The van der Waals surface area contributed by atoms with E-state index in [1.54, 1.807) is 17.9 Å². The van der Waals surface area contributed by atoms with Crippen molar-refractivity contribution in [2.75, 3.05) is 45.3 Å². The van der Waals surface area contributed by atoms with Gasteiger partial charge < -0.3 is 29.4 Å². The zero-order valence-electron chi connectivity index (χ0n) is 21.5. The first-order valence-electron chi connectivity index (χ1n) is 12.3. The van der Waals surface area contributed by atoms with E-state index in [1.165, 1.54) is 12.1 Å². The molecule has 4 aromatic rings. The lowest BCUT2D eigenvalue weighted by molar-refractivity contribution is -0.116. The zero-order valence-corrected chi connectivity index (χ0v) is 21.5. The Morgan fingerprint density at radius 2 is 1.74 bits per heavy atom. The minimum atomic E-state index is -0.414. The fourth-order valence-corrected chi connectivity index (χ4v) is 4.46. The number of aromatic nitrogens is 1. The molecule has 196 valence electrons. The number of amides is 1. The molecule has 2 heterocycles. The van der Waals surface area contributed by atoms with Crippen LogP contribution in [0.2, 0.25) is 0 Å². The summed E-state index contributed by atoms with van der Waals surface area (Å²) in [4.78, 5) is 23.8. The number of likely N-dealkylation sites (N-methyl/N-ethyl adjacent to an activating group) is 1. The summed E-state index contributed by atoms with van der Waals surface area (Å²) in [5, 5.41) is 11.5. The number of aliphatic imine (C=N–C) groups is 1. The van der Waals surface area contributed by atoms with Gasteiger partial charge in [0, 0.05) is 36.7 Å². The minimum Gasteiger partial charge on any atom is -0.494 e. The molecule has 0 spiro atoms. The van der Waals surface area contributed by atoms with Crippen molar-refractivity contribution in [2.24, 2.45) is 4.99 Å². The summed E-state index contributed by atoms with van der Waals surface area (Å²) in [6.07, 6.45) is 0. The van der Waals surface area contributed by atoms with Crippen molar-refractivity contribution < 1.29 is 23.8 Å². The van der Waals surface area contributed by atoms with Gasteiger partial charge in [-0.05, 0) is 74.8 Å². The van der Waals surface area contributed by atoms with E-state index in [1.807, 2.05) is 61.5 Å². The van der Waals surface area contributed by atoms with Crippen molar-refractivity contribution in [3.63, 3.8) is 0 Å². The second kappa shape index (κ2) is 10.5. The molecule has 1 aromatic heterocycles. The Hall–Kier alpha value is -4.37. The van der Waals surface area contributed by atoms with Crippen LogP contribution in [0.15, 0.2) is 65.7 Å². The molecule has 8 nitrogen and oxygen atoms in total. The number of benzene rings is 3. The van der Waals surface area contributed by atoms with Crippen LogP contribution in [0.3, 0.4) is 0 Å². The average Bonchev–Trinajstić information content (AvgIpc) is 3.22. The minimum absolute atomic E-state index is 0.0454. The number of carbonyl (C=O) groups is 1. The number of halogens is 1. The van der Waals surface area contributed by atoms with Gasteiger partial charge >= 0.3 is 0 Å². The van der Waals surface area contributed by atoms with Crippen LogP contribution in [0, 0.1) is 5.82 Å². The lowest BCUT2D eigenvalue weighted by atomic mass is 10.00. The number of aromatic amines is 1. The maximum Gasteiger partial charge on any atom is 0.223 e. The molecule has 0 aliphatic carbocycles. The van der Waals surface area contributed by atoms with Crippen LogP contribution in [0.4, 0.5) is 15.8 Å². The highest BCUT2D eigenvalue weighted by atomic mass is 19.1. The summed E-state index contributed by atoms with van der Waals surface area (Å²) in [6, 6.07) is 17.1. The smallest absolute Gasteiger partial charge is 0.223 e. The van der Waals surface area contributed by atoms with Gasteiger partial charge in [0.1, 0.15) is 19.0 Å². The number of anilines is 1. The Kier molecular flexibility index (Phi) is 7.02. The molecule has 0 radical (unpaired) electrons. The van der Waals surface area contributed by atoms with Crippen LogP contribution in [-0.4, -0.2) is 67.0 Å². The summed E-state index contributed by atoms with van der Waals surface area (Å²) in [7, 11) is 3.92. The van der Waals surface area contributed by atoms with Crippen molar-refractivity contribution in [3.05, 3.63) is 77.6 Å². The monoisotopic (exact) mass is 516 g/mol. The maximum atomic E-state index is 13.9. The number of carbonyl (C=O) groups excluding carboxylic acids is 1. The molecule has 1 amide bonds. The Morgan fingerprint density at radius 3 is 2.45 bits per heavy atom. The molecule has 0 saturated heterocycles. The third-order valence-corrected chi connectivity index (χ3v) is 6.35. The molecule has 0 unspecified atom stereocenters. The fraction of sp³-hybridized carbons (Fsp3) is 0.241. The van der Waals surface area contributed by atoms with E-state index in [9.17, 15) is 14.3 Å². The van der Waals surface area contributed by atoms with Gasteiger partial charge in [0.05, 0.1) is 22.5 Å².